The van der Waals surface area contributed by atoms with E-state index in [4.69, 9.17) is 5.73 Å². The van der Waals surface area contributed by atoms with Crippen LogP contribution in [0.3, 0.4) is 0 Å². The first-order chi connectivity index (χ1) is 12.0. The Morgan fingerprint density at radius 1 is 1.24 bits per heavy atom. The van der Waals surface area contributed by atoms with Gasteiger partial charge in [-0.05, 0) is 24.1 Å². The lowest BCUT2D eigenvalue weighted by atomic mass is 10.1. The van der Waals surface area contributed by atoms with Crippen molar-refractivity contribution in [3.05, 3.63) is 36.7 Å². The van der Waals surface area contributed by atoms with Crippen LogP contribution in [0.5, 0.6) is 0 Å². The van der Waals surface area contributed by atoms with Crippen molar-refractivity contribution in [2.75, 3.05) is 5.73 Å². The van der Waals surface area contributed by atoms with Crippen molar-refractivity contribution in [1.82, 2.24) is 25.0 Å². The van der Waals surface area contributed by atoms with E-state index in [2.05, 4.69) is 20.3 Å². The minimum Gasteiger partial charge on any atom is -0.391 e. The number of nitrogens with zero attached hydrogens (tertiary/aromatic N) is 4. The fourth-order valence-corrected chi connectivity index (χ4v) is 2.90. The number of aliphatic hydroxyl groups excluding tert-OH is 1. The number of hydrogen-bond acceptors (Lipinski definition) is 5. The Kier molecular flexibility index (Phi) is 3.65. The second-order valence-corrected chi connectivity index (χ2v) is 6.61. The van der Waals surface area contributed by atoms with Gasteiger partial charge in [0, 0.05) is 23.3 Å². The highest BCUT2D eigenvalue weighted by Gasteiger charge is 2.15. The molecule has 3 heterocycles. The molecule has 7 heteroatoms. The summed E-state index contributed by atoms with van der Waals surface area (Å²) in [7, 11) is 0. The zero-order chi connectivity index (χ0) is 17.6. The van der Waals surface area contributed by atoms with E-state index in [9.17, 15) is 5.11 Å². The van der Waals surface area contributed by atoms with Gasteiger partial charge in [-0.25, -0.2) is 4.98 Å². The molecule has 128 valence electrons. The summed E-state index contributed by atoms with van der Waals surface area (Å²) in [5.41, 5.74) is 9.54. The number of aromatic nitrogens is 5. The van der Waals surface area contributed by atoms with Gasteiger partial charge in [0.05, 0.1) is 29.2 Å². The topological polar surface area (TPSA) is 106 Å². The van der Waals surface area contributed by atoms with Gasteiger partial charge in [0.25, 0.3) is 0 Å². The number of rotatable bonds is 4. The number of aliphatic hydroxyl groups is 1. The Labute approximate surface area is 144 Å². The van der Waals surface area contributed by atoms with E-state index in [0.29, 0.717) is 12.4 Å². The molecule has 0 bridgehead atoms. The molecule has 0 spiro atoms. The lowest BCUT2D eigenvalue weighted by Crippen LogP contribution is -2.21. The van der Waals surface area contributed by atoms with Crippen LogP contribution in [0.25, 0.3) is 33.1 Å². The number of hydrogen-bond donors (Lipinski definition) is 3. The molecule has 4 rings (SSSR count). The Balaban J connectivity index is 1.84. The molecule has 3 aromatic heterocycles. The van der Waals surface area contributed by atoms with E-state index >= 15 is 0 Å². The van der Waals surface area contributed by atoms with Gasteiger partial charge < -0.3 is 10.8 Å². The average Bonchev–Trinajstić information content (AvgIpc) is 3.24. The third-order valence-corrected chi connectivity index (χ3v) is 4.47. The van der Waals surface area contributed by atoms with Gasteiger partial charge in [0.15, 0.2) is 0 Å². The Hall–Kier alpha value is -2.93. The third kappa shape index (κ3) is 2.72. The van der Waals surface area contributed by atoms with Crippen LogP contribution in [0.4, 0.5) is 5.82 Å². The van der Waals surface area contributed by atoms with Crippen molar-refractivity contribution < 1.29 is 5.11 Å². The number of nitrogens with one attached hydrogen (secondary N) is 1. The molecule has 0 saturated heterocycles. The second-order valence-electron chi connectivity index (χ2n) is 6.61. The number of anilines is 1. The number of fused-ring (bicyclic) bond motifs is 3. The number of nitrogen functional groups attached to an aromatic ring is 1. The number of pyridine rings is 1. The summed E-state index contributed by atoms with van der Waals surface area (Å²) in [5, 5.41) is 23.5. The van der Waals surface area contributed by atoms with Crippen LogP contribution in [-0.4, -0.2) is 36.2 Å². The summed E-state index contributed by atoms with van der Waals surface area (Å²) in [6, 6.07) is 7.86. The maximum absolute atomic E-state index is 10.1. The van der Waals surface area contributed by atoms with Crippen molar-refractivity contribution in [3.63, 3.8) is 0 Å². The number of aromatic amines is 1. The van der Waals surface area contributed by atoms with E-state index in [1.54, 1.807) is 10.9 Å². The fourth-order valence-electron chi connectivity index (χ4n) is 2.90. The average molecular weight is 336 g/mol. The van der Waals surface area contributed by atoms with Gasteiger partial charge in [-0.15, -0.1) is 0 Å². The molecule has 0 radical (unpaired) electrons. The van der Waals surface area contributed by atoms with Crippen LogP contribution < -0.4 is 5.73 Å². The first kappa shape index (κ1) is 15.6. The van der Waals surface area contributed by atoms with Crippen molar-refractivity contribution in [2.45, 2.75) is 26.5 Å². The molecule has 7 nitrogen and oxygen atoms in total. The Bertz CT molecular complexity index is 1030. The molecular formula is C18H20N6O. The maximum atomic E-state index is 10.1. The number of H-pyrrole nitrogens is 1. The molecule has 0 fully saturated rings. The van der Waals surface area contributed by atoms with Crippen LogP contribution in [-0.2, 0) is 6.54 Å². The maximum Gasteiger partial charge on any atom is 0.135 e. The van der Waals surface area contributed by atoms with Crippen molar-refractivity contribution in [2.24, 2.45) is 5.92 Å². The fraction of sp³-hybridized carbons (Fsp3) is 0.278. The summed E-state index contributed by atoms with van der Waals surface area (Å²) in [4.78, 5) is 4.53. The highest BCUT2D eigenvalue weighted by Crippen LogP contribution is 2.29. The molecule has 4 N–H and O–H groups in total. The number of benzene rings is 1. The molecule has 1 atom stereocenters. The minimum absolute atomic E-state index is 0.163. The van der Waals surface area contributed by atoms with Crippen molar-refractivity contribution in [3.8, 4) is 11.3 Å². The molecule has 0 saturated carbocycles. The van der Waals surface area contributed by atoms with E-state index in [0.717, 1.165) is 33.1 Å². The molecule has 0 aliphatic rings. The van der Waals surface area contributed by atoms with E-state index in [1.165, 1.54) is 0 Å². The van der Waals surface area contributed by atoms with Crippen LogP contribution in [0, 0.1) is 5.92 Å². The normalized spacial score (nSPS) is 13.1. The summed E-state index contributed by atoms with van der Waals surface area (Å²) in [6.45, 7) is 4.39. The summed E-state index contributed by atoms with van der Waals surface area (Å²) in [6.07, 6.45) is 3.18. The molecular weight excluding hydrogens is 316 g/mol. The Morgan fingerprint density at radius 3 is 2.80 bits per heavy atom. The smallest absolute Gasteiger partial charge is 0.135 e. The first-order valence-corrected chi connectivity index (χ1v) is 8.27. The van der Waals surface area contributed by atoms with Gasteiger partial charge in [-0.2, -0.15) is 10.2 Å². The van der Waals surface area contributed by atoms with Gasteiger partial charge in [-0.3, -0.25) is 9.78 Å². The molecule has 1 aromatic carbocycles. The van der Waals surface area contributed by atoms with E-state index in [1.807, 2.05) is 44.3 Å². The van der Waals surface area contributed by atoms with E-state index in [-0.39, 0.29) is 5.92 Å². The van der Waals surface area contributed by atoms with E-state index < -0.39 is 6.10 Å². The van der Waals surface area contributed by atoms with Crippen LogP contribution in [0.1, 0.15) is 13.8 Å². The second kappa shape index (κ2) is 5.86. The first-order valence-electron chi connectivity index (χ1n) is 8.27. The molecule has 0 amide bonds. The van der Waals surface area contributed by atoms with Crippen LogP contribution in [0.2, 0.25) is 0 Å². The quantitative estimate of drug-likeness (QED) is 0.531. The van der Waals surface area contributed by atoms with Gasteiger partial charge in [0.1, 0.15) is 11.3 Å². The van der Waals surface area contributed by atoms with Gasteiger partial charge >= 0.3 is 0 Å². The Morgan fingerprint density at radius 2 is 2.08 bits per heavy atom. The lowest BCUT2D eigenvalue weighted by Gasteiger charge is -2.13. The predicted octanol–water partition coefficient (Wildman–Crippen LogP) is 2.57. The standard InChI is InChI=1S/C18H20N6O/c1-10(2)16(25)9-24-8-13-17(23-24)12-4-3-11(14-5-6-20-22-14)7-15(12)21-18(13)19/h3-8,10,16,25H,9H2,1-2H3,(H2,19,21)(H,20,22). The SMILES string of the molecule is CC(C)C(O)Cn1cc2c(N)nc3cc(-c4cc[nH]n4)ccc3c2n1. The van der Waals surface area contributed by atoms with Crippen molar-refractivity contribution in [1.29, 1.82) is 0 Å². The third-order valence-electron chi connectivity index (χ3n) is 4.47. The molecule has 4 aromatic rings. The number of nitrogens with two attached hydrogens (primary N) is 1. The predicted molar refractivity (Wildman–Crippen MR) is 97.9 cm³/mol. The summed E-state index contributed by atoms with van der Waals surface area (Å²) < 4.78 is 1.74. The summed E-state index contributed by atoms with van der Waals surface area (Å²) >= 11 is 0. The zero-order valence-electron chi connectivity index (χ0n) is 14.1. The zero-order valence-corrected chi connectivity index (χ0v) is 14.1. The molecule has 1 unspecified atom stereocenters. The highest BCUT2D eigenvalue weighted by molar-refractivity contribution is 6.08. The summed E-state index contributed by atoms with van der Waals surface area (Å²) in [5.74, 6) is 0.600. The lowest BCUT2D eigenvalue weighted by molar-refractivity contribution is 0.103. The van der Waals surface area contributed by atoms with Gasteiger partial charge in [-0.1, -0.05) is 19.9 Å². The van der Waals surface area contributed by atoms with Gasteiger partial charge in [0.2, 0.25) is 0 Å². The largest absolute Gasteiger partial charge is 0.391 e. The monoisotopic (exact) mass is 336 g/mol. The molecule has 25 heavy (non-hydrogen) atoms. The molecule has 0 aliphatic heterocycles. The van der Waals surface area contributed by atoms with Crippen LogP contribution in [0.15, 0.2) is 36.7 Å². The molecule has 0 aliphatic carbocycles. The van der Waals surface area contributed by atoms with Crippen LogP contribution >= 0.6 is 0 Å². The minimum atomic E-state index is -0.457. The van der Waals surface area contributed by atoms with Crippen molar-refractivity contribution >= 4 is 27.6 Å². The highest BCUT2D eigenvalue weighted by atomic mass is 16.3.